The quantitative estimate of drug-likeness (QED) is 0.532. The average molecular weight is 141 g/mol. The Balaban J connectivity index is 2.04. The number of hydrogen-bond donors (Lipinski definition) is 0. The van der Waals surface area contributed by atoms with Gasteiger partial charge in [-0.1, -0.05) is 0 Å². The van der Waals surface area contributed by atoms with Crippen LogP contribution < -0.4 is 5.43 Å². The monoisotopic (exact) mass is 141 g/mol. The van der Waals surface area contributed by atoms with E-state index in [2.05, 4.69) is 21.0 Å². The third kappa shape index (κ3) is 2.10. The van der Waals surface area contributed by atoms with Crippen LogP contribution in [-0.2, 0) is 4.74 Å². The summed E-state index contributed by atoms with van der Waals surface area (Å²) in [5.74, 6) is 0.692. The fourth-order valence-electron chi connectivity index (χ4n) is 0.638. The Hall–Kier alpha value is -0.970. The van der Waals surface area contributed by atoms with E-state index in [9.17, 15) is 0 Å². The molecule has 1 aliphatic rings. The van der Waals surface area contributed by atoms with Crippen LogP contribution in [0.4, 0.5) is 0 Å². The highest BCUT2D eigenvalue weighted by molar-refractivity contribution is 5.81. The minimum atomic E-state index is 0.692. The number of nitrogens with zero attached hydrogens (tertiary/aromatic N) is 4. The molecular weight excluding hydrogens is 132 g/mol. The maximum absolute atomic E-state index is 4.84. The van der Waals surface area contributed by atoms with Crippen molar-refractivity contribution in [3.8, 4) is 0 Å². The topological polar surface area (TPSA) is 60.4 Å². The molecule has 0 saturated carbocycles. The molecule has 10 heavy (non-hydrogen) atoms. The van der Waals surface area contributed by atoms with Crippen LogP contribution in [0.3, 0.4) is 0 Å². The third-order valence-corrected chi connectivity index (χ3v) is 1.11. The largest absolute Gasteiger partial charge is 0.385 e. The molecule has 0 bridgehead atoms. The molecule has 1 aliphatic heterocycles. The molecule has 0 atom stereocenters. The molecule has 0 aromatic rings. The van der Waals surface area contributed by atoms with Crippen LogP contribution in [0.5, 0.6) is 0 Å². The molecule has 0 N–H and O–H groups in total. The molecule has 0 aromatic heterocycles. The first-order valence-corrected chi connectivity index (χ1v) is 3.10. The Morgan fingerprint density at radius 1 is 1.40 bits per heavy atom. The van der Waals surface area contributed by atoms with Crippen LogP contribution in [0.15, 0.2) is 15.5 Å². The normalized spacial score (nSPS) is 15.1. The Kier molecular flexibility index (Phi) is 2.82. The molecule has 0 aromatic carbocycles. The lowest BCUT2D eigenvalue weighted by Crippen LogP contribution is -2.06. The van der Waals surface area contributed by atoms with Gasteiger partial charge in [-0.05, 0) is 16.9 Å². The highest BCUT2D eigenvalue weighted by Crippen LogP contribution is 1.98. The zero-order chi connectivity index (χ0) is 7.23. The number of amidine groups is 1. The van der Waals surface area contributed by atoms with E-state index in [-0.39, 0.29) is 0 Å². The minimum absolute atomic E-state index is 0.692. The molecular formula is C5H9N4O. The highest BCUT2D eigenvalue weighted by Gasteiger charge is 2.03. The second kappa shape index (κ2) is 3.94. The number of methoxy groups -OCH3 is 1. The van der Waals surface area contributed by atoms with Gasteiger partial charge in [0.25, 0.3) is 0 Å². The standard InChI is InChI=1S/C5H9N4O/c1-10-4-2-3-5-6-8-9-7-5/h2-4H2,1H3. The maximum Gasteiger partial charge on any atom is 0.177 e. The summed E-state index contributed by atoms with van der Waals surface area (Å²) in [5, 5.41) is 10.4. The van der Waals surface area contributed by atoms with Crippen molar-refractivity contribution in [3.63, 3.8) is 0 Å². The first-order chi connectivity index (χ1) is 4.93. The van der Waals surface area contributed by atoms with Gasteiger partial charge in [0.05, 0.1) is 0 Å². The predicted molar refractivity (Wildman–Crippen MR) is 35.5 cm³/mol. The lowest BCUT2D eigenvalue weighted by atomic mass is 10.3. The molecule has 1 heterocycles. The van der Waals surface area contributed by atoms with E-state index in [1.165, 1.54) is 0 Å². The molecule has 5 nitrogen and oxygen atoms in total. The summed E-state index contributed by atoms with van der Waals surface area (Å²) in [5.41, 5.74) is 3.66. The molecule has 55 valence electrons. The number of rotatable bonds is 4. The molecule has 0 aliphatic carbocycles. The average Bonchev–Trinajstić information content (AvgIpc) is 2.41. The summed E-state index contributed by atoms with van der Waals surface area (Å²) in [6.45, 7) is 0.731. The molecule has 5 heteroatoms. The maximum atomic E-state index is 4.84. The molecule has 0 amide bonds. The van der Waals surface area contributed by atoms with E-state index in [0.717, 1.165) is 19.4 Å². The van der Waals surface area contributed by atoms with Crippen LogP contribution >= 0.6 is 0 Å². The summed E-state index contributed by atoms with van der Waals surface area (Å²) >= 11 is 0. The molecule has 1 rings (SSSR count). The van der Waals surface area contributed by atoms with E-state index in [4.69, 9.17) is 4.74 Å². The molecule has 0 spiro atoms. The van der Waals surface area contributed by atoms with Crippen molar-refractivity contribution in [2.24, 2.45) is 15.5 Å². The van der Waals surface area contributed by atoms with Crippen molar-refractivity contribution in [3.05, 3.63) is 0 Å². The molecule has 0 saturated heterocycles. The van der Waals surface area contributed by atoms with Gasteiger partial charge >= 0.3 is 0 Å². The van der Waals surface area contributed by atoms with Crippen molar-refractivity contribution >= 4 is 5.84 Å². The van der Waals surface area contributed by atoms with Crippen LogP contribution in [0.2, 0.25) is 0 Å². The van der Waals surface area contributed by atoms with Gasteiger partial charge in [0.1, 0.15) is 0 Å². The van der Waals surface area contributed by atoms with Gasteiger partial charge in [0.2, 0.25) is 0 Å². The smallest absolute Gasteiger partial charge is 0.177 e. The fraction of sp³-hybridized carbons (Fsp3) is 0.800. The zero-order valence-corrected chi connectivity index (χ0v) is 5.82. The van der Waals surface area contributed by atoms with Crippen molar-refractivity contribution in [2.75, 3.05) is 13.7 Å². The number of hydrogen-bond acceptors (Lipinski definition) is 4. The Labute approximate surface area is 59.1 Å². The summed E-state index contributed by atoms with van der Waals surface area (Å²) in [4.78, 5) is 0. The van der Waals surface area contributed by atoms with E-state index in [1.807, 2.05) is 0 Å². The van der Waals surface area contributed by atoms with Crippen LogP contribution in [0.25, 0.3) is 0 Å². The lowest BCUT2D eigenvalue weighted by Gasteiger charge is -1.95. The Morgan fingerprint density at radius 2 is 2.30 bits per heavy atom. The molecule has 0 unspecified atom stereocenters. The second-order valence-electron chi connectivity index (χ2n) is 1.89. The first kappa shape index (κ1) is 7.14. The van der Waals surface area contributed by atoms with Crippen molar-refractivity contribution in [1.82, 2.24) is 5.43 Å². The van der Waals surface area contributed by atoms with Gasteiger partial charge in [-0.3, -0.25) is 0 Å². The summed E-state index contributed by atoms with van der Waals surface area (Å²) in [6, 6.07) is 0. The van der Waals surface area contributed by atoms with Gasteiger partial charge in [0.15, 0.2) is 5.84 Å². The summed E-state index contributed by atoms with van der Waals surface area (Å²) in [6.07, 6.45) is 1.71. The van der Waals surface area contributed by atoms with E-state index in [1.54, 1.807) is 7.11 Å². The number of ether oxygens (including phenoxy) is 1. The van der Waals surface area contributed by atoms with Crippen molar-refractivity contribution in [1.29, 1.82) is 0 Å². The van der Waals surface area contributed by atoms with Crippen molar-refractivity contribution in [2.45, 2.75) is 12.8 Å². The van der Waals surface area contributed by atoms with Crippen molar-refractivity contribution < 1.29 is 4.74 Å². The summed E-state index contributed by atoms with van der Waals surface area (Å²) in [7, 11) is 1.67. The predicted octanol–water partition coefficient (Wildman–Crippen LogP) is 0.712. The first-order valence-electron chi connectivity index (χ1n) is 3.10. The van der Waals surface area contributed by atoms with Crippen LogP contribution in [0.1, 0.15) is 12.8 Å². The second-order valence-corrected chi connectivity index (χ2v) is 1.89. The van der Waals surface area contributed by atoms with Crippen LogP contribution in [0, 0.1) is 0 Å². The highest BCUT2D eigenvalue weighted by atomic mass is 16.5. The van der Waals surface area contributed by atoms with E-state index < -0.39 is 0 Å². The Bertz CT molecular complexity index is 154. The van der Waals surface area contributed by atoms with Gasteiger partial charge in [-0.15, -0.1) is 10.5 Å². The van der Waals surface area contributed by atoms with Gasteiger partial charge < -0.3 is 4.74 Å². The lowest BCUT2D eigenvalue weighted by molar-refractivity contribution is 0.196. The summed E-state index contributed by atoms with van der Waals surface area (Å²) < 4.78 is 4.84. The SMILES string of the molecule is COCCCC1=NN=N[N]1. The molecule has 1 radical (unpaired) electrons. The van der Waals surface area contributed by atoms with E-state index in [0.29, 0.717) is 5.84 Å². The fourth-order valence-corrected chi connectivity index (χ4v) is 0.638. The zero-order valence-electron chi connectivity index (χ0n) is 5.82. The van der Waals surface area contributed by atoms with Gasteiger partial charge in [0, 0.05) is 20.1 Å². The van der Waals surface area contributed by atoms with Gasteiger partial charge in [-0.25, -0.2) is 0 Å². The van der Waals surface area contributed by atoms with E-state index >= 15 is 0 Å². The van der Waals surface area contributed by atoms with Gasteiger partial charge in [-0.2, -0.15) is 0 Å². The third-order valence-electron chi connectivity index (χ3n) is 1.11. The van der Waals surface area contributed by atoms with Crippen LogP contribution in [-0.4, -0.2) is 19.6 Å². The Morgan fingerprint density at radius 3 is 2.90 bits per heavy atom. The minimum Gasteiger partial charge on any atom is -0.385 e. The molecule has 0 fully saturated rings.